The molecule has 2 aliphatic heterocycles. The number of aliphatic hydroxyl groups is 1. The summed E-state index contributed by atoms with van der Waals surface area (Å²) in [6.45, 7) is 2.15. The molecule has 2 saturated heterocycles. The number of alkyl halides is 3. The first-order valence-electron chi connectivity index (χ1n) is 12.7. The molecule has 2 fully saturated rings. The van der Waals surface area contributed by atoms with E-state index in [0.717, 1.165) is 34.1 Å². The molecule has 1 N–H and O–H groups in total. The number of rotatable bonds is 5. The number of carbonyl (C=O) groups is 2. The van der Waals surface area contributed by atoms with E-state index in [1.54, 1.807) is 0 Å². The molecule has 2 aliphatic rings. The number of amides is 2. The van der Waals surface area contributed by atoms with Gasteiger partial charge in [0.25, 0.3) is 17.4 Å². The van der Waals surface area contributed by atoms with Crippen LogP contribution in [-0.4, -0.2) is 97.2 Å². The largest absolute Gasteiger partial charge is 0.430 e. The van der Waals surface area contributed by atoms with Gasteiger partial charge in [0.2, 0.25) is 0 Å². The van der Waals surface area contributed by atoms with Crippen molar-refractivity contribution in [3.05, 3.63) is 65.2 Å². The normalized spacial score (nSPS) is 19.1. The van der Waals surface area contributed by atoms with Crippen LogP contribution < -0.4 is 4.90 Å². The maximum absolute atomic E-state index is 14.6. The fraction of sp³-hybridized carbons (Fsp3) is 0.481. The van der Waals surface area contributed by atoms with Gasteiger partial charge in [-0.3, -0.25) is 14.5 Å². The van der Waals surface area contributed by atoms with Crippen LogP contribution >= 0.6 is 0 Å². The Kier molecular flexibility index (Phi) is 8.17. The van der Waals surface area contributed by atoms with Crippen molar-refractivity contribution in [1.82, 2.24) is 14.7 Å². The molecule has 0 unspecified atom stereocenters. The van der Waals surface area contributed by atoms with Crippen molar-refractivity contribution in [2.24, 2.45) is 0 Å². The average molecular weight is 555 g/mol. The average Bonchev–Trinajstić information content (AvgIpc) is 2.91. The van der Waals surface area contributed by atoms with Crippen LogP contribution in [0.3, 0.4) is 0 Å². The highest BCUT2D eigenvalue weighted by atomic mass is 19.4. The Hall–Kier alpha value is -3.25. The number of hydrogen-bond acceptors (Lipinski definition) is 5. The second-order valence-corrected chi connectivity index (χ2v) is 10.1. The quantitative estimate of drug-likeness (QED) is 0.576. The maximum Gasteiger partial charge on any atom is 0.430 e. The SMILES string of the molecule is CN(C)C(=O)c1c(F)cc(N2CCN(C3CCN(C(=O)[C@](O)(c4ccccc4)C(F)(F)F)CC3)CC2)cc1F. The van der Waals surface area contributed by atoms with Crippen molar-refractivity contribution in [1.29, 1.82) is 0 Å². The standard InChI is InChI=1S/C27H31F5N4O3/c1-33(2)24(37)23-21(28)16-20(17-22(23)29)35-14-12-34(13-15-35)19-8-10-36(11-9-19)25(38)26(39,27(30,31)32)18-6-4-3-5-7-18/h3-7,16-17,19,39H,8-15H2,1-2H3/t26-/m1/s1. The molecule has 4 rings (SSSR count). The minimum absolute atomic E-state index is 0.0143. The second-order valence-electron chi connectivity index (χ2n) is 10.1. The maximum atomic E-state index is 14.6. The Balaban J connectivity index is 1.36. The number of hydrogen-bond donors (Lipinski definition) is 1. The first-order valence-corrected chi connectivity index (χ1v) is 12.7. The smallest absolute Gasteiger partial charge is 0.369 e. The van der Waals surface area contributed by atoms with Crippen molar-refractivity contribution in [2.75, 3.05) is 58.3 Å². The van der Waals surface area contributed by atoms with Crippen molar-refractivity contribution >= 4 is 17.5 Å². The molecule has 0 bridgehead atoms. The van der Waals surface area contributed by atoms with Crippen LogP contribution in [-0.2, 0) is 10.4 Å². The van der Waals surface area contributed by atoms with E-state index in [1.807, 2.05) is 4.90 Å². The molecule has 7 nitrogen and oxygen atoms in total. The number of nitrogens with zero attached hydrogens (tertiary/aromatic N) is 4. The summed E-state index contributed by atoms with van der Waals surface area (Å²) < 4.78 is 70.9. The molecule has 0 spiro atoms. The van der Waals surface area contributed by atoms with E-state index in [4.69, 9.17) is 0 Å². The number of carbonyl (C=O) groups excluding carboxylic acids is 2. The summed E-state index contributed by atoms with van der Waals surface area (Å²) in [7, 11) is 2.82. The Bertz CT molecular complexity index is 1170. The van der Waals surface area contributed by atoms with Crippen molar-refractivity contribution in [2.45, 2.75) is 30.7 Å². The van der Waals surface area contributed by atoms with Crippen LogP contribution in [0.5, 0.6) is 0 Å². The monoisotopic (exact) mass is 554 g/mol. The lowest BCUT2D eigenvalue weighted by atomic mass is 9.90. The summed E-state index contributed by atoms with van der Waals surface area (Å²) in [5, 5.41) is 10.6. The zero-order valence-corrected chi connectivity index (χ0v) is 21.7. The number of piperazine rings is 1. The number of likely N-dealkylation sites (tertiary alicyclic amines) is 1. The molecule has 2 amide bonds. The summed E-state index contributed by atoms with van der Waals surface area (Å²) in [4.78, 5) is 31.2. The van der Waals surface area contributed by atoms with Crippen molar-refractivity contribution in [3.63, 3.8) is 0 Å². The molecule has 1 atom stereocenters. The van der Waals surface area contributed by atoms with Gasteiger partial charge in [-0.15, -0.1) is 0 Å². The van der Waals surface area contributed by atoms with Gasteiger partial charge in [-0.2, -0.15) is 13.2 Å². The highest BCUT2D eigenvalue weighted by Gasteiger charge is 2.62. The molecule has 0 aromatic heterocycles. The Morgan fingerprint density at radius 3 is 1.92 bits per heavy atom. The zero-order chi connectivity index (χ0) is 28.5. The molecule has 12 heteroatoms. The summed E-state index contributed by atoms with van der Waals surface area (Å²) >= 11 is 0. The van der Waals surface area contributed by atoms with E-state index in [1.165, 1.54) is 32.3 Å². The minimum Gasteiger partial charge on any atom is -0.369 e. The van der Waals surface area contributed by atoms with Crippen LogP contribution in [0.25, 0.3) is 0 Å². The molecule has 0 radical (unpaired) electrons. The second kappa shape index (κ2) is 11.1. The number of anilines is 1. The van der Waals surface area contributed by atoms with Gasteiger partial charge in [0.15, 0.2) is 0 Å². The van der Waals surface area contributed by atoms with Crippen LogP contribution in [0, 0.1) is 11.6 Å². The highest BCUT2D eigenvalue weighted by molar-refractivity contribution is 5.94. The number of benzene rings is 2. The van der Waals surface area contributed by atoms with Gasteiger partial charge in [-0.1, -0.05) is 30.3 Å². The molecule has 39 heavy (non-hydrogen) atoms. The van der Waals surface area contributed by atoms with Crippen LogP contribution in [0.4, 0.5) is 27.6 Å². The zero-order valence-electron chi connectivity index (χ0n) is 21.7. The molecular weight excluding hydrogens is 523 g/mol. The van der Waals surface area contributed by atoms with E-state index in [-0.39, 0.29) is 19.1 Å². The van der Waals surface area contributed by atoms with Crippen LogP contribution in [0.2, 0.25) is 0 Å². The summed E-state index contributed by atoms with van der Waals surface area (Å²) in [5.41, 5.74) is -4.42. The predicted octanol–water partition coefficient (Wildman–Crippen LogP) is 3.23. The Morgan fingerprint density at radius 2 is 1.44 bits per heavy atom. The molecule has 2 aromatic rings. The first-order chi connectivity index (χ1) is 18.3. The van der Waals surface area contributed by atoms with Gasteiger partial charge >= 0.3 is 6.18 Å². The third-order valence-electron chi connectivity index (χ3n) is 7.51. The lowest BCUT2D eigenvalue weighted by Gasteiger charge is -2.44. The lowest BCUT2D eigenvalue weighted by Crippen LogP contribution is -2.59. The van der Waals surface area contributed by atoms with E-state index in [0.29, 0.717) is 44.7 Å². The summed E-state index contributed by atoms with van der Waals surface area (Å²) in [5.74, 6) is -4.01. The van der Waals surface area contributed by atoms with E-state index >= 15 is 0 Å². The molecular formula is C27H31F5N4O3. The molecule has 0 aliphatic carbocycles. The topological polar surface area (TPSA) is 67.3 Å². The van der Waals surface area contributed by atoms with E-state index in [9.17, 15) is 36.6 Å². The van der Waals surface area contributed by atoms with Crippen molar-refractivity contribution in [3.8, 4) is 0 Å². The first kappa shape index (κ1) is 28.8. The van der Waals surface area contributed by atoms with Crippen molar-refractivity contribution < 1.29 is 36.6 Å². The Labute approximate surface area is 223 Å². The van der Waals surface area contributed by atoms with Gasteiger partial charge < -0.3 is 19.8 Å². The summed E-state index contributed by atoms with van der Waals surface area (Å²) in [6.07, 6.45) is -4.33. The molecule has 2 heterocycles. The summed E-state index contributed by atoms with van der Waals surface area (Å²) in [6, 6.07) is 8.66. The highest BCUT2D eigenvalue weighted by Crippen LogP contribution is 2.41. The van der Waals surface area contributed by atoms with E-state index < -0.39 is 46.4 Å². The Morgan fingerprint density at radius 1 is 0.897 bits per heavy atom. The third kappa shape index (κ3) is 5.58. The van der Waals surface area contributed by atoms with Gasteiger partial charge in [0.1, 0.15) is 17.2 Å². The molecule has 212 valence electrons. The number of halogens is 5. The minimum atomic E-state index is -5.19. The third-order valence-corrected chi connectivity index (χ3v) is 7.51. The van der Waals surface area contributed by atoms with Gasteiger partial charge in [-0.25, -0.2) is 8.78 Å². The van der Waals surface area contributed by atoms with Gasteiger partial charge in [0, 0.05) is 70.7 Å². The van der Waals surface area contributed by atoms with Crippen LogP contribution in [0.15, 0.2) is 42.5 Å². The number of piperidine rings is 1. The predicted molar refractivity (Wildman–Crippen MR) is 134 cm³/mol. The molecule has 2 aromatic carbocycles. The van der Waals surface area contributed by atoms with Gasteiger partial charge in [0.05, 0.1) is 0 Å². The fourth-order valence-corrected chi connectivity index (χ4v) is 5.27. The fourth-order valence-electron chi connectivity index (χ4n) is 5.27. The van der Waals surface area contributed by atoms with Gasteiger partial charge in [-0.05, 0) is 25.0 Å². The van der Waals surface area contributed by atoms with E-state index in [2.05, 4.69) is 4.90 Å². The lowest BCUT2D eigenvalue weighted by molar-refractivity contribution is -0.262. The molecule has 0 saturated carbocycles. The van der Waals surface area contributed by atoms with Crippen LogP contribution in [0.1, 0.15) is 28.8 Å².